The maximum Gasteiger partial charge on any atom is 1.00 e. The summed E-state index contributed by atoms with van der Waals surface area (Å²) in [7, 11) is 0. The van der Waals surface area contributed by atoms with Crippen molar-refractivity contribution in [2.45, 2.75) is 0 Å². The third-order valence-corrected chi connectivity index (χ3v) is 1.32. The Hall–Kier alpha value is 0.0413. The quantitative estimate of drug-likeness (QED) is 0.337. The number of nitro groups is 1. The minimum atomic E-state index is -5.17. The number of aromatic nitrogens is 1. The van der Waals surface area contributed by atoms with Crippen LogP contribution in [0.1, 0.15) is 0 Å². The van der Waals surface area contributed by atoms with Crippen molar-refractivity contribution in [1.82, 2.24) is 4.98 Å². The van der Waals surface area contributed by atoms with Gasteiger partial charge in [0.1, 0.15) is 6.20 Å². The molecule has 4 nitrogen and oxygen atoms in total. The Morgan fingerprint density at radius 1 is 1.36 bits per heavy atom. The standard InChI is InChI=1S/C5H3BF3N2O2.K/c7-6(8,9)5-2-1-4(3-10-5)11(12)13;/h1-3H;/q-1;+1. The Bertz CT molecular complexity index is 329. The molecule has 0 saturated heterocycles. The molecule has 0 aliphatic rings. The van der Waals surface area contributed by atoms with Gasteiger partial charge in [0, 0.05) is 6.07 Å². The summed E-state index contributed by atoms with van der Waals surface area (Å²) < 4.78 is 35.9. The predicted octanol–water partition coefficient (Wildman–Crippen LogP) is -1.95. The fraction of sp³-hybridized carbons (Fsp3) is 0. The number of pyridine rings is 1. The Labute approximate surface area is 120 Å². The topological polar surface area (TPSA) is 56.0 Å². The molecular weight excluding hydrogens is 227 g/mol. The fourth-order valence-electron chi connectivity index (χ4n) is 0.699. The molecule has 1 aromatic heterocycles. The van der Waals surface area contributed by atoms with Crippen LogP contribution in [0.2, 0.25) is 0 Å². The second-order valence-corrected chi connectivity index (χ2v) is 2.27. The number of nitrogens with zero attached hydrogens (tertiary/aromatic N) is 2. The minimum Gasteiger partial charge on any atom is -0.444 e. The summed E-state index contributed by atoms with van der Waals surface area (Å²) in [6.07, 6.45) is 0.588. The molecule has 0 unspecified atom stereocenters. The number of hydrogen-bond donors (Lipinski definition) is 0. The summed E-state index contributed by atoms with van der Waals surface area (Å²) in [5.41, 5.74) is -1.53. The van der Waals surface area contributed by atoms with Gasteiger partial charge in [0.2, 0.25) is 0 Å². The van der Waals surface area contributed by atoms with Gasteiger partial charge in [0.05, 0.1) is 4.92 Å². The van der Waals surface area contributed by atoms with Gasteiger partial charge in [-0.25, -0.2) is 0 Å². The first-order valence-electron chi connectivity index (χ1n) is 3.21. The van der Waals surface area contributed by atoms with E-state index in [2.05, 4.69) is 4.98 Å². The Balaban J connectivity index is 0.00000169. The summed E-state index contributed by atoms with van der Waals surface area (Å²) in [4.78, 5) is 12.2. The molecule has 0 aliphatic carbocycles. The van der Waals surface area contributed by atoms with Gasteiger partial charge in [-0.2, -0.15) is 0 Å². The van der Waals surface area contributed by atoms with Crippen molar-refractivity contribution < 1.29 is 69.3 Å². The molecule has 0 spiro atoms. The summed E-state index contributed by atoms with van der Waals surface area (Å²) in [6.45, 7) is -5.17. The van der Waals surface area contributed by atoms with Crippen molar-refractivity contribution in [2.75, 3.05) is 0 Å². The molecule has 0 bridgehead atoms. The molecule has 0 radical (unpaired) electrons. The smallest absolute Gasteiger partial charge is 0.444 e. The van der Waals surface area contributed by atoms with Crippen LogP contribution in [0.3, 0.4) is 0 Å². The summed E-state index contributed by atoms with van der Waals surface area (Å²) >= 11 is 0. The van der Waals surface area contributed by atoms with E-state index in [4.69, 9.17) is 0 Å². The first-order chi connectivity index (χ1) is 5.91. The Morgan fingerprint density at radius 2 is 1.93 bits per heavy atom. The molecule has 1 rings (SSSR count). The average molecular weight is 230 g/mol. The first-order valence-corrected chi connectivity index (χ1v) is 3.21. The summed E-state index contributed by atoms with van der Waals surface area (Å²) in [5, 5.41) is 10.1. The molecule has 0 amide bonds. The second kappa shape index (κ2) is 5.22. The fourth-order valence-corrected chi connectivity index (χ4v) is 0.699. The van der Waals surface area contributed by atoms with Gasteiger partial charge >= 0.3 is 58.4 Å². The van der Waals surface area contributed by atoms with E-state index in [9.17, 15) is 23.1 Å². The largest absolute Gasteiger partial charge is 1.00 e. The third kappa shape index (κ3) is 3.65. The monoisotopic (exact) mass is 230 g/mol. The molecule has 0 fully saturated rings. The maximum atomic E-state index is 12.0. The van der Waals surface area contributed by atoms with E-state index in [0.29, 0.717) is 12.3 Å². The summed E-state index contributed by atoms with van der Waals surface area (Å²) in [5.74, 6) is 0. The van der Waals surface area contributed by atoms with Crippen molar-refractivity contribution in [3.05, 3.63) is 28.4 Å². The van der Waals surface area contributed by atoms with Crippen molar-refractivity contribution in [3.63, 3.8) is 0 Å². The van der Waals surface area contributed by atoms with Crippen molar-refractivity contribution >= 4 is 18.3 Å². The number of halogens is 3. The van der Waals surface area contributed by atoms with E-state index in [1.807, 2.05) is 0 Å². The van der Waals surface area contributed by atoms with Gasteiger partial charge in [-0.1, -0.05) is 6.07 Å². The molecule has 1 heterocycles. The first kappa shape index (κ1) is 14.0. The molecule has 9 heteroatoms. The summed E-state index contributed by atoms with van der Waals surface area (Å²) in [6, 6.07) is 1.37. The van der Waals surface area contributed by atoms with Gasteiger partial charge < -0.3 is 12.9 Å². The molecule has 0 aromatic carbocycles. The van der Waals surface area contributed by atoms with Crippen LogP contribution in [-0.2, 0) is 0 Å². The number of hydrogen-bond acceptors (Lipinski definition) is 3. The predicted molar refractivity (Wildman–Crippen MR) is 39.6 cm³/mol. The zero-order valence-corrected chi connectivity index (χ0v) is 10.3. The van der Waals surface area contributed by atoms with Crippen LogP contribution in [0.4, 0.5) is 18.6 Å². The van der Waals surface area contributed by atoms with Gasteiger partial charge in [-0.05, 0) is 5.59 Å². The Morgan fingerprint density at radius 3 is 2.21 bits per heavy atom. The van der Waals surface area contributed by atoms with Crippen molar-refractivity contribution in [2.24, 2.45) is 0 Å². The van der Waals surface area contributed by atoms with E-state index in [0.717, 1.165) is 6.07 Å². The molecule has 0 N–H and O–H groups in total. The molecule has 0 atom stereocenters. The second-order valence-electron chi connectivity index (χ2n) is 2.27. The van der Waals surface area contributed by atoms with Gasteiger partial charge in [0.25, 0.3) is 5.69 Å². The van der Waals surface area contributed by atoms with E-state index in [1.165, 1.54) is 0 Å². The number of rotatable bonds is 2. The minimum absolute atomic E-state index is 0. The van der Waals surface area contributed by atoms with Crippen LogP contribution in [-0.4, -0.2) is 16.9 Å². The maximum absolute atomic E-state index is 12.0. The van der Waals surface area contributed by atoms with Gasteiger partial charge in [0.15, 0.2) is 0 Å². The van der Waals surface area contributed by atoms with Crippen LogP contribution >= 0.6 is 0 Å². The molecule has 70 valence electrons. The molecular formula is C5H3BF3KN2O2. The molecule has 0 aliphatic heterocycles. The Kier molecular flexibility index (Phi) is 5.23. The average Bonchev–Trinajstić information content (AvgIpc) is 2.03. The normalized spacial score (nSPS) is 10.5. The van der Waals surface area contributed by atoms with Crippen LogP contribution in [0.25, 0.3) is 0 Å². The van der Waals surface area contributed by atoms with E-state index in [-0.39, 0.29) is 51.4 Å². The van der Waals surface area contributed by atoms with Crippen molar-refractivity contribution in [1.29, 1.82) is 0 Å². The van der Waals surface area contributed by atoms with Crippen LogP contribution in [0.5, 0.6) is 0 Å². The van der Waals surface area contributed by atoms with Gasteiger partial charge in [-0.3, -0.25) is 15.1 Å². The van der Waals surface area contributed by atoms with E-state index < -0.39 is 23.2 Å². The van der Waals surface area contributed by atoms with Crippen LogP contribution in [0.15, 0.2) is 18.3 Å². The van der Waals surface area contributed by atoms with Crippen LogP contribution in [0, 0.1) is 10.1 Å². The zero-order valence-electron chi connectivity index (χ0n) is 7.15. The zero-order chi connectivity index (χ0) is 10.1. The molecule has 1 aromatic rings. The third-order valence-electron chi connectivity index (χ3n) is 1.32. The molecule has 0 saturated carbocycles. The SMILES string of the molecule is O=[N+]([O-])c1ccc([B-](F)(F)F)nc1.[K+]. The van der Waals surface area contributed by atoms with Crippen LogP contribution < -0.4 is 57.0 Å². The molecule has 14 heavy (non-hydrogen) atoms. The van der Waals surface area contributed by atoms with E-state index in [1.54, 1.807) is 0 Å². The van der Waals surface area contributed by atoms with Crippen molar-refractivity contribution in [3.8, 4) is 0 Å². The van der Waals surface area contributed by atoms with Gasteiger partial charge in [-0.15, -0.1) is 0 Å². The van der Waals surface area contributed by atoms with E-state index >= 15 is 0 Å².